The molecule has 0 unspecified atom stereocenters. The fraction of sp³-hybridized carbons (Fsp3) is 0.207. The molecule has 0 aliphatic carbocycles. The van der Waals surface area contributed by atoms with Crippen LogP contribution in [0.25, 0.3) is 33.4 Å². The predicted molar refractivity (Wildman–Crippen MR) is 147 cm³/mol. The van der Waals surface area contributed by atoms with Crippen molar-refractivity contribution in [3.05, 3.63) is 90.5 Å². The third-order valence-electron chi connectivity index (χ3n) is 6.10. The summed E-state index contributed by atoms with van der Waals surface area (Å²) in [5.41, 5.74) is 4.76. The number of unbranched alkanes of at least 4 members (excludes halogenated alkanes) is 1. The zero-order valence-corrected chi connectivity index (χ0v) is 21.6. The van der Waals surface area contributed by atoms with Crippen molar-refractivity contribution in [2.45, 2.75) is 19.8 Å². The summed E-state index contributed by atoms with van der Waals surface area (Å²) in [4.78, 5) is 13.1. The average molecular weight is 503 g/mol. The Labute approximate surface area is 212 Å². The van der Waals surface area contributed by atoms with Gasteiger partial charge < -0.3 is 9.73 Å². The Bertz CT molecular complexity index is 1500. The molecule has 4 aromatic rings. The van der Waals surface area contributed by atoms with E-state index < -0.39 is 10.0 Å². The van der Waals surface area contributed by atoms with Crippen molar-refractivity contribution in [3.8, 4) is 22.5 Å². The maximum Gasteiger partial charge on any atom is 0.255 e. The number of allylic oxidation sites excluding steroid dienone is 1. The van der Waals surface area contributed by atoms with E-state index in [0.29, 0.717) is 52.9 Å². The second kappa shape index (κ2) is 10.4. The van der Waals surface area contributed by atoms with Crippen LogP contribution >= 0.6 is 0 Å². The molecule has 0 radical (unpaired) electrons. The van der Waals surface area contributed by atoms with E-state index >= 15 is 0 Å². The molecule has 1 N–H and O–H groups in total. The number of carbonyl (C=O) groups excluding carboxylic acids is 1. The Hall–Kier alpha value is -3.84. The molecular formula is C29H30N2O4S. The van der Waals surface area contributed by atoms with Crippen molar-refractivity contribution in [3.63, 3.8) is 0 Å². The van der Waals surface area contributed by atoms with Crippen LogP contribution in [-0.4, -0.2) is 34.2 Å². The molecule has 7 heteroatoms. The van der Waals surface area contributed by atoms with E-state index in [-0.39, 0.29) is 5.91 Å². The third kappa shape index (κ3) is 5.06. The molecule has 0 atom stereocenters. The summed E-state index contributed by atoms with van der Waals surface area (Å²) in [6, 6.07) is 20.9. The SMILES string of the molecule is C=CCCCN(c1cc2oc(-c3ccc(C)cc3)c(C(=O)NC)c2cc1-c1ccccc1)S(C)(=O)=O. The van der Waals surface area contributed by atoms with Gasteiger partial charge in [-0.15, -0.1) is 6.58 Å². The molecule has 36 heavy (non-hydrogen) atoms. The summed E-state index contributed by atoms with van der Waals surface area (Å²) in [6.45, 7) is 6.04. The van der Waals surface area contributed by atoms with Crippen LogP contribution in [0.3, 0.4) is 0 Å². The number of hydrogen-bond donors (Lipinski definition) is 1. The van der Waals surface area contributed by atoms with E-state index in [0.717, 1.165) is 16.7 Å². The van der Waals surface area contributed by atoms with E-state index in [2.05, 4.69) is 11.9 Å². The van der Waals surface area contributed by atoms with Crippen LogP contribution in [-0.2, 0) is 10.0 Å². The van der Waals surface area contributed by atoms with Crippen molar-refractivity contribution in [1.82, 2.24) is 5.32 Å². The van der Waals surface area contributed by atoms with Crippen LogP contribution in [0.15, 0.2) is 83.8 Å². The van der Waals surface area contributed by atoms with Crippen molar-refractivity contribution in [2.24, 2.45) is 0 Å². The third-order valence-corrected chi connectivity index (χ3v) is 7.28. The van der Waals surface area contributed by atoms with Crippen LogP contribution in [0.1, 0.15) is 28.8 Å². The number of carbonyl (C=O) groups is 1. The standard InChI is InChI=1S/C29H30N2O4S/c1-5-6-10-17-31(36(4,33)34)25-19-26-24(18-23(25)21-11-8-7-9-12-21)27(29(32)30-3)28(35-26)22-15-13-20(2)14-16-22/h5,7-9,11-16,18-19H,1,6,10,17H2,2-4H3,(H,30,32). The normalized spacial score (nSPS) is 11.4. The highest BCUT2D eigenvalue weighted by atomic mass is 32.2. The Morgan fingerprint density at radius 2 is 1.75 bits per heavy atom. The molecule has 0 fully saturated rings. The average Bonchev–Trinajstić information content (AvgIpc) is 3.24. The highest BCUT2D eigenvalue weighted by Gasteiger charge is 2.27. The summed E-state index contributed by atoms with van der Waals surface area (Å²) < 4.78 is 33.5. The minimum atomic E-state index is -3.60. The first kappa shape index (κ1) is 25.3. The maximum absolute atomic E-state index is 13.1. The molecule has 1 heterocycles. The first-order valence-corrected chi connectivity index (χ1v) is 13.6. The summed E-state index contributed by atoms with van der Waals surface area (Å²) in [6.07, 6.45) is 4.29. The second-order valence-corrected chi connectivity index (χ2v) is 10.7. The second-order valence-electron chi connectivity index (χ2n) is 8.75. The highest BCUT2D eigenvalue weighted by molar-refractivity contribution is 7.92. The zero-order chi connectivity index (χ0) is 25.9. The lowest BCUT2D eigenvalue weighted by atomic mass is 9.98. The van der Waals surface area contributed by atoms with Crippen LogP contribution in [0, 0.1) is 6.92 Å². The number of hydrogen-bond acceptors (Lipinski definition) is 4. The number of amides is 1. The largest absolute Gasteiger partial charge is 0.455 e. The maximum atomic E-state index is 13.1. The van der Waals surface area contributed by atoms with Crippen molar-refractivity contribution < 1.29 is 17.6 Å². The molecule has 1 aromatic heterocycles. The lowest BCUT2D eigenvalue weighted by Crippen LogP contribution is -2.31. The van der Waals surface area contributed by atoms with Crippen molar-refractivity contribution >= 4 is 32.6 Å². The molecule has 1 amide bonds. The molecule has 4 rings (SSSR count). The molecule has 0 aliphatic heterocycles. The summed E-state index contributed by atoms with van der Waals surface area (Å²) >= 11 is 0. The van der Waals surface area contributed by atoms with E-state index in [1.807, 2.05) is 67.6 Å². The Morgan fingerprint density at radius 1 is 1.06 bits per heavy atom. The molecular weight excluding hydrogens is 472 g/mol. The number of benzene rings is 3. The fourth-order valence-corrected chi connectivity index (χ4v) is 5.26. The molecule has 0 bridgehead atoms. The van der Waals surface area contributed by atoms with Gasteiger partial charge in [0.25, 0.3) is 5.91 Å². The number of aryl methyl sites for hydroxylation is 1. The summed E-state index contributed by atoms with van der Waals surface area (Å²) in [7, 11) is -2.02. The summed E-state index contributed by atoms with van der Waals surface area (Å²) in [5, 5.41) is 3.34. The van der Waals surface area contributed by atoms with Gasteiger partial charge in [-0.2, -0.15) is 0 Å². The van der Waals surface area contributed by atoms with Crippen molar-refractivity contribution in [2.75, 3.05) is 24.2 Å². The number of fused-ring (bicyclic) bond motifs is 1. The van der Waals surface area contributed by atoms with E-state index in [4.69, 9.17) is 4.42 Å². The molecule has 0 saturated carbocycles. The number of nitrogens with one attached hydrogen (secondary N) is 1. The van der Waals surface area contributed by atoms with Gasteiger partial charge in [0.2, 0.25) is 10.0 Å². The highest BCUT2D eigenvalue weighted by Crippen LogP contribution is 2.41. The first-order chi connectivity index (χ1) is 17.2. The smallest absolute Gasteiger partial charge is 0.255 e. The lowest BCUT2D eigenvalue weighted by Gasteiger charge is -2.25. The van der Waals surface area contributed by atoms with Gasteiger partial charge in [0.1, 0.15) is 11.3 Å². The van der Waals surface area contributed by atoms with Gasteiger partial charge in [-0.05, 0) is 31.4 Å². The van der Waals surface area contributed by atoms with Crippen LogP contribution in [0.5, 0.6) is 0 Å². The first-order valence-electron chi connectivity index (χ1n) is 11.8. The molecule has 6 nitrogen and oxygen atoms in total. The lowest BCUT2D eigenvalue weighted by molar-refractivity contribution is 0.0964. The number of anilines is 1. The van der Waals surface area contributed by atoms with E-state index in [1.165, 1.54) is 10.6 Å². The summed E-state index contributed by atoms with van der Waals surface area (Å²) in [5.74, 6) is 0.167. The van der Waals surface area contributed by atoms with Gasteiger partial charge in [0.15, 0.2) is 0 Å². The Kier molecular flexibility index (Phi) is 7.31. The molecule has 0 aliphatic rings. The van der Waals surface area contributed by atoms with Gasteiger partial charge in [-0.1, -0.05) is 66.2 Å². The van der Waals surface area contributed by atoms with Gasteiger partial charge in [-0.25, -0.2) is 8.42 Å². The van der Waals surface area contributed by atoms with Crippen LogP contribution in [0.2, 0.25) is 0 Å². The Balaban J connectivity index is 2.04. The monoisotopic (exact) mass is 502 g/mol. The van der Waals surface area contributed by atoms with Crippen molar-refractivity contribution in [1.29, 1.82) is 0 Å². The van der Waals surface area contributed by atoms with Gasteiger partial charge >= 0.3 is 0 Å². The minimum absolute atomic E-state index is 0.276. The Morgan fingerprint density at radius 3 is 2.36 bits per heavy atom. The minimum Gasteiger partial charge on any atom is -0.455 e. The van der Waals surface area contributed by atoms with Gasteiger partial charge in [0.05, 0.1) is 17.5 Å². The van der Waals surface area contributed by atoms with Gasteiger partial charge in [-0.3, -0.25) is 9.10 Å². The number of sulfonamides is 1. The van der Waals surface area contributed by atoms with E-state index in [9.17, 15) is 13.2 Å². The zero-order valence-electron chi connectivity index (χ0n) is 20.7. The quantitative estimate of drug-likeness (QED) is 0.219. The number of furan rings is 1. The molecule has 3 aromatic carbocycles. The van der Waals surface area contributed by atoms with E-state index in [1.54, 1.807) is 19.2 Å². The molecule has 0 saturated heterocycles. The number of nitrogens with zero attached hydrogens (tertiary/aromatic N) is 1. The predicted octanol–water partition coefficient (Wildman–Crippen LogP) is 6.17. The fourth-order valence-electron chi connectivity index (χ4n) is 4.29. The molecule has 186 valence electrons. The van der Waals surface area contributed by atoms with Gasteiger partial charge in [0, 0.05) is 36.2 Å². The number of rotatable bonds is 9. The molecule has 0 spiro atoms. The van der Waals surface area contributed by atoms with Crippen LogP contribution < -0.4 is 9.62 Å². The topological polar surface area (TPSA) is 79.6 Å². The van der Waals surface area contributed by atoms with Crippen LogP contribution in [0.4, 0.5) is 5.69 Å².